The lowest BCUT2D eigenvalue weighted by molar-refractivity contribution is -0.130. The van der Waals surface area contributed by atoms with Crippen molar-refractivity contribution in [1.82, 2.24) is 19.8 Å². The lowest BCUT2D eigenvalue weighted by atomic mass is 9.89. The van der Waals surface area contributed by atoms with Gasteiger partial charge in [0.25, 0.3) is 0 Å². The Kier molecular flexibility index (Phi) is 4.51. The fourth-order valence-electron chi connectivity index (χ4n) is 5.20. The van der Waals surface area contributed by atoms with Crippen LogP contribution in [-0.4, -0.2) is 52.4 Å². The Bertz CT molecular complexity index is 1030. The number of likely N-dealkylation sites (tertiary alicyclic amines) is 2. The maximum atomic E-state index is 12.3. The fraction of sp³-hybridized carbons (Fsp3) is 0.391. The Morgan fingerprint density at radius 2 is 2.03 bits per heavy atom. The molecule has 6 nitrogen and oxygen atoms in total. The molecular weight excluding hydrogens is 364 g/mol. The summed E-state index contributed by atoms with van der Waals surface area (Å²) in [7, 11) is 1.68. The van der Waals surface area contributed by atoms with Gasteiger partial charge in [-0.05, 0) is 41.3 Å². The van der Waals surface area contributed by atoms with Crippen LogP contribution in [0.1, 0.15) is 24.1 Å². The highest BCUT2D eigenvalue weighted by Gasteiger charge is 2.48. The Morgan fingerprint density at radius 3 is 2.79 bits per heavy atom. The minimum Gasteiger partial charge on any atom is -0.497 e. The molecule has 3 atom stereocenters. The van der Waals surface area contributed by atoms with Crippen LogP contribution in [0.25, 0.3) is 11.0 Å². The highest BCUT2D eigenvalue weighted by molar-refractivity contribution is 5.79. The number of amides is 1. The third-order valence-corrected chi connectivity index (χ3v) is 6.53. The molecule has 150 valence electrons. The number of hydrogen-bond donors (Lipinski definition) is 1. The molecule has 2 aliphatic rings. The molecule has 2 aliphatic heterocycles. The van der Waals surface area contributed by atoms with E-state index in [9.17, 15) is 4.79 Å². The summed E-state index contributed by atoms with van der Waals surface area (Å²) in [5, 5.41) is 1.20. The molecule has 29 heavy (non-hydrogen) atoms. The number of H-pyrrole nitrogens is 1. The van der Waals surface area contributed by atoms with Gasteiger partial charge in [0.05, 0.1) is 13.2 Å². The van der Waals surface area contributed by atoms with E-state index in [1.54, 1.807) is 14.0 Å². The van der Waals surface area contributed by atoms with Gasteiger partial charge < -0.3 is 14.6 Å². The molecule has 0 bridgehead atoms. The van der Waals surface area contributed by atoms with Crippen LogP contribution in [-0.2, 0) is 11.3 Å². The molecule has 2 saturated heterocycles. The van der Waals surface area contributed by atoms with Gasteiger partial charge in [-0.25, -0.2) is 4.98 Å². The van der Waals surface area contributed by atoms with E-state index < -0.39 is 0 Å². The SMILES string of the molecule is COc1ccc([C@H]2[C@@H]3CN(Cc4c[nH]c5ncccc45)C[C@@H]3CN2C(C)=O)cc1. The highest BCUT2D eigenvalue weighted by Crippen LogP contribution is 2.45. The second-order valence-corrected chi connectivity index (χ2v) is 8.22. The van der Waals surface area contributed by atoms with Gasteiger partial charge in [-0.3, -0.25) is 9.69 Å². The van der Waals surface area contributed by atoms with Crippen LogP contribution in [0.5, 0.6) is 5.75 Å². The second kappa shape index (κ2) is 7.19. The quantitative estimate of drug-likeness (QED) is 0.743. The van der Waals surface area contributed by atoms with Crippen LogP contribution in [0.3, 0.4) is 0 Å². The van der Waals surface area contributed by atoms with Crippen molar-refractivity contribution in [1.29, 1.82) is 0 Å². The number of fused-ring (bicyclic) bond motifs is 2. The van der Waals surface area contributed by atoms with E-state index in [1.165, 1.54) is 16.5 Å². The lowest BCUT2D eigenvalue weighted by Crippen LogP contribution is -2.34. The predicted octanol–water partition coefficient (Wildman–Crippen LogP) is 3.22. The van der Waals surface area contributed by atoms with Crippen molar-refractivity contribution in [2.24, 2.45) is 11.8 Å². The van der Waals surface area contributed by atoms with E-state index in [0.29, 0.717) is 11.8 Å². The number of carbonyl (C=O) groups excluding carboxylic acids is 1. The fourth-order valence-corrected chi connectivity index (χ4v) is 5.20. The van der Waals surface area contributed by atoms with E-state index in [4.69, 9.17) is 4.74 Å². The molecule has 1 aromatic carbocycles. The largest absolute Gasteiger partial charge is 0.497 e. The Morgan fingerprint density at radius 1 is 1.21 bits per heavy atom. The number of aromatic amines is 1. The maximum absolute atomic E-state index is 12.3. The molecule has 0 spiro atoms. The van der Waals surface area contributed by atoms with Crippen molar-refractivity contribution >= 4 is 16.9 Å². The summed E-state index contributed by atoms with van der Waals surface area (Å²) >= 11 is 0. The first-order valence-corrected chi connectivity index (χ1v) is 10.2. The summed E-state index contributed by atoms with van der Waals surface area (Å²) in [6.45, 7) is 5.46. The lowest BCUT2D eigenvalue weighted by Gasteiger charge is -2.29. The smallest absolute Gasteiger partial charge is 0.219 e. The molecule has 6 heteroatoms. The van der Waals surface area contributed by atoms with E-state index in [2.05, 4.69) is 44.2 Å². The second-order valence-electron chi connectivity index (χ2n) is 8.22. The highest BCUT2D eigenvalue weighted by atomic mass is 16.5. The average molecular weight is 390 g/mol. The molecule has 2 fully saturated rings. The molecule has 0 unspecified atom stereocenters. The van der Waals surface area contributed by atoms with Gasteiger partial charge >= 0.3 is 0 Å². The van der Waals surface area contributed by atoms with Crippen LogP contribution < -0.4 is 4.74 Å². The molecule has 2 aromatic heterocycles. The number of nitrogens with zero attached hydrogens (tertiary/aromatic N) is 3. The van der Waals surface area contributed by atoms with E-state index >= 15 is 0 Å². The topological polar surface area (TPSA) is 61.5 Å². The van der Waals surface area contributed by atoms with Crippen molar-refractivity contribution in [2.75, 3.05) is 26.7 Å². The van der Waals surface area contributed by atoms with E-state index in [-0.39, 0.29) is 11.9 Å². The number of nitrogens with one attached hydrogen (secondary N) is 1. The number of methoxy groups -OCH3 is 1. The molecule has 4 heterocycles. The minimum absolute atomic E-state index is 0.137. The first kappa shape index (κ1) is 18.2. The van der Waals surface area contributed by atoms with Gasteiger partial charge in [0.1, 0.15) is 11.4 Å². The summed E-state index contributed by atoms with van der Waals surface area (Å²) in [6.07, 6.45) is 3.90. The van der Waals surface area contributed by atoms with Gasteiger partial charge in [-0.15, -0.1) is 0 Å². The summed E-state index contributed by atoms with van der Waals surface area (Å²) in [5.41, 5.74) is 3.44. The number of benzene rings is 1. The van der Waals surface area contributed by atoms with Crippen molar-refractivity contribution < 1.29 is 9.53 Å². The minimum atomic E-state index is 0.137. The molecule has 0 aliphatic carbocycles. The van der Waals surface area contributed by atoms with Crippen LogP contribution in [0.2, 0.25) is 0 Å². The number of aromatic nitrogens is 2. The molecule has 0 radical (unpaired) electrons. The van der Waals surface area contributed by atoms with Gasteiger partial charge in [0.15, 0.2) is 0 Å². The predicted molar refractivity (Wildman–Crippen MR) is 111 cm³/mol. The monoisotopic (exact) mass is 390 g/mol. The van der Waals surface area contributed by atoms with Gasteiger partial charge in [-0.2, -0.15) is 0 Å². The van der Waals surface area contributed by atoms with Crippen LogP contribution in [0, 0.1) is 11.8 Å². The van der Waals surface area contributed by atoms with Gasteiger partial charge in [-0.1, -0.05) is 12.1 Å². The molecule has 0 saturated carbocycles. The Hall–Kier alpha value is -2.86. The first-order chi connectivity index (χ1) is 14.1. The van der Waals surface area contributed by atoms with Crippen molar-refractivity contribution in [2.45, 2.75) is 19.5 Å². The summed E-state index contributed by atoms with van der Waals surface area (Å²) < 4.78 is 5.31. The van der Waals surface area contributed by atoms with Crippen molar-refractivity contribution in [3.63, 3.8) is 0 Å². The number of rotatable bonds is 4. The molecule has 3 aromatic rings. The molecule has 5 rings (SSSR count). The summed E-state index contributed by atoms with van der Waals surface area (Å²) in [6, 6.07) is 12.5. The number of hydrogen-bond acceptors (Lipinski definition) is 4. The molecule has 1 amide bonds. The van der Waals surface area contributed by atoms with Crippen molar-refractivity contribution in [3.05, 3.63) is 59.9 Å². The van der Waals surface area contributed by atoms with Crippen LogP contribution in [0.15, 0.2) is 48.8 Å². The number of pyridine rings is 1. The third-order valence-electron chi connectivity index (χ3n) is 6.53. The van der Waals surface area contributed by atoms with E-state index in [1.807, 2.05) is 24.4 Å². The van der Waals surface area contributed by atoms with Crippen LogP contribution in [0.4, 0.5) is 0 Å². The normalized spacial score (nSPS) is 24.2. The maximum Gasteiger partial charge on any atom is 0.219 e. The molecular formula is C23H26N4O2. The molecule has 1 N–H and O–H groups in total. The Labute approximate surface area is 170 Å². The zero-order valence-electron chi connectivity index (χ0n) is 16.8. The average Bonchev–Trinajstić information content (AvgIpc) is 3.41. The van der Waals surface area contributed by atoms with Crippen LogP contribution >= 0.6 is 0 Å². The zero-order chi connectivity index (χ0) is 20.0. The van der Waals surface area contributed by atoms with Crippen molar-refractivity contribution in [3.8, 4) is 5.75 Å². The van der Waals surface area contributed by atoms with Gasteiger partial charge in [0.2, 0.25) is 5.91 Å². The van der Waals surface area contributed by atoms with E-state index in [0.717, 1.165) is 37.6 Å². The third kappa shape index (κ3) is 3.17. The standard InChI is InChI=1S/C23H26N4O2/c1-15(28)27-13-18-12-26(11-17-10-25-23-20(17)4-3-9-24-23)14-21(18)22(27)16-5-7-19(29-2)8-6-16/h3-10,18,21-22H,11-14H2,1-2H3,(H,24,25)/t18-,21-,22+/m1/s1. The zero-order valence-corrected chi connectivity index (χ0v) is 16.8. The number of carbonyl (C=O) groups is 1. The van der Waals surface area contributed by atoms with Gasteiger partial charge in [0, 0.05) is 56.8 Å². The summed E-state index contributed by atoms with van der Waals surface area (Å²) in [5.74, 6) is 1.97. The Balaban J connectivity index is 1.38. The first-order valence-electron chi connectivity index (χ1n) is 10.2. The number of ether oxygens (including phenoxy) is 1. The summed E-state index contributed by atoms with van der Waals surface area (Å²) in [4.78, 5) is 24.6.